The number of morpholine rings is 1. The van der Waals surface area contributed by atoms with E-state index in [4.69, 9.17) is 4.74 Å². The Kier molecular flexibility index (Phi) is 7.28. The summed E-state index contributed by atoms with van der Waals surface area (Å²) in [4.78, 5) is 15.2. The van der Waals surface area contributed by atoms with E-state index in [9.17, 15) is 13.2 Å². The summed E-state index contributed by atoms with van der Waals surface area (Å²) in [6, 6.07) is 14.4. The average molecular weight is 431 g/mol. The van der Waals surface area contributed by atoms with Gasteiger partial charge in [-0.2, -0.15) is 0 Å². The number of carbonyl (C=O) groups excluding carboxylic acids is 1. The maximum absolute atomic E-state index is 12.8. The summed E-state index contributed by atoms with van der Waals surface area (Å²) < 4.78 is 30.5. The van der Waals surface area contributed by atoms with Crippen molar-refractivity contribution in [3.63, 3.8) is 0 Å². The number of benzene rings is 2. The lowest BCUT2D eigenvalue weighted by Gasteiger charge is -2.35. The molecule has 1 aliphatic rings. The lowest BCUT2D eigenvalue weighted by atomic mass is 10.1. The highest BCUT2D eigenvalue weighted by molar-refractivity contribution is 7.91. The monoisotopic (exact) mass is 430 g/mol. The van der Waals surface area contributed by atoms with Gasteiger partial charge in [-0.1, -0.05) is 43.3 Å². The van der Waals surface area contributed by atoms with Crippen LogP contribution in [0.4, 0.5) is 0 Å². The lowest BCUT2D eigenvalue weighted by molar-refractivity contribution is -0.0705. The van der Waals surface area contributed by atoms with Crippen molar-refractivity contribution in [1.82, 2.24) is 10.2 Å². The Labute approximate surface area is 179 Å². The van der Waals surface area contributed by atoms with E-state index < -0.39 is 9.84 Å². The zero-order valence-corrected chi connectivity index (χ0v) is 18.6. The van der Waals surface area contributed by atoms with Crippen LogP contribution in [0.5, 0.6) is 0 Å². The quantitative estimate of drug-likeness (QED) is 0.731. The predicted octanol–water partition coefficient (Wildman–Crippen LogP) is 3.02. The van der Waals surface area contributed by atoms with Crippen LogP contribution >= 0.6 is 0 Å². The topological polar surface area (TPSA) is 75.7 Å². The van der Waals surface area contributed by atoms with Crippen molar-refractivity contribution in [3.05, 3.63) is 65.2 Å². The standard InChI is InChI=1S/C23H30N2O4S/c1-4-30(27,28)22-12-8-7-11-21(22)23(26)24-13-19-9-5-6-10-20(19)16-25-14-17(2)29-18(3)15-25/h5-12,17-18H,4,13-16H2,1-3H3,(H,24,26)/t17-,18+. The third-order valence-corrected chi connectivity index (χ3v) is 7.08. The second-order valence-electron chi connectivity index (χ2n) is 7.80. The van der Waals surface area contributed by atoms with Crippen molar-refractivity contribution in [1.29, 1.82) is 0 Å². The molecule has 1 saturated heterocycles. The zero-order valence-electron chi connectivity index (χ0n) is 17.8. The van der Waals surface area contributed by atoms with Gasteiger partial charge in [0.2, 0.25) is 0 Å². The molecule has 0 unspecified atom stereocenters. The molecule has 3 rings (SSSR count). The van der Waals surface area contributed by atoms with E-state index in [1.807, 2.05) is 18.2 Å². The Morgan fingerprint density at radius 1 is 1.03 bits per heavy atom. The van der Waals surface area contributed by atoms with Crippen LogP contribution in [-0.4, -0.2) is 50.3 Å². The Balaban J connectivity index is 1.72. The van der Waals surface area contributed by atoms with Crippen molar-refractivity contribution in [2.45, 2.75) is 51.0 Å². The Morgan fingerprint density at radius 3 is 2.30 bits per heavy atom. The summed E-state index contributed by atoms with van der Waals surface area (Å²) in [7, 11) is -3.47. The van der Waals surface area contributed by atoms with Gasteiger partial charge in [-0.15, -0.1) is 0 Å². The minimum absolute atomic E-state index is 0.0451. The summed E-state index contributed by atoms with van der Waals surface area (Å²) >= 11 is 0. The maximum atomic E-state index is 12.8. The average Bonchev–Trinajstić information content (AvgIpc) is 2.72. The molecule has 7 heteroatoms. The van der Waals surface area contributed by atoms with E-state index in [-0.39, 0.29) is 34.3 Å². The molecule has 2 aromatic rings. The van der Waals surface area contributed by atoms with Crippen LogP contribution in [0.25, 0.3) is 0 Å². The van der Waals surface area contributed by atoms with Crippen LogP contribution in [0, 0.1) is 0 Å². The molecular weight excluding hydrogens is 400 g/mol. The molecule has 30 heavy (non-hydrogen) atoms. The predicted molar refractivity (Wildman–Crippen MR) is 117 cm³/mol. The first-order valence-electron chi connectivity index (χ1n) is 10.3. The van der Waals surface area contributed by atoms with E-state index in [1.165, 1.54) is 6.07 Å². The van der Waals surface area contributed by atoms with Crippen LogP contribution in [0.3, 0.4) is 0 Å². The largest absolute Gasteiger partial charge is 0.373 e. The van der Waals surface area contributed by atoms with Gasteiger partial charge >= 0.3 is 0 Å². The first-order valence-corrected chi connectivity index (χ1v) is 12.0. The molecule has 1 aliphatic heterocycles. The number of ether oxygens (including phenoxy) is 1. The van der Waals surface area contributed by atoms with Gasteiger partial charge in [0.15, 0.2) is 9.84 Å². The number of nitrogens with one attached hydrogen (secondary N) is 1. The molecule has 162 valence electrons. The highest BCUT2D eigenvalue weighted by Gasteiger charge is 2.23. The van der Waals surface area contributed by atoms with Gasteiger partial charge in [-0.05, 0) is 37.1 Å². The molecule has 1 amide bonds. The molecule has 1 N–H and O–H groups in total. The van der Waals surface area contributed by atoms with Crippen molar-refractivity contribution in [3.8, 4) is 0 Å². The van der Waals surface area contributed by atoms with Gasteiger partial charge in [0.05, 0.1) is 28.4 Å². The minimum atomic E-state index is -3.47. The summed E-state index contributed by atoms with van der Waals surface area (Å²) in [6.07, 6.45) is 0.385. The van der Waals surface area contributed by atoms with Crippen LogP contribution in [0.1, 0.15) is 42.3 Å². The van der Waals surface area contributed by atoms with Gasteiger partial charge in [0, 0.05) is 26.2 Å². The van der Waals surface area contributed by atoms with Gasteiger partial charge < -0.3 is 10.1 Å². The first-order chi connectivity index (χ1) is 14.3. The molecule has 1 heterocycles. The fourth-order valence-corrected chi connectivity index (χ4v) is 4.98. The SMILES string of the molecule is CCS(=O)(=O)c1ccccc1C(=O)NCc1ccccc1CN1C[C@@H](C)O[C@@H](C)C1. The van der Waals surface area contributed by atoms with E-state index in [0.29, 0.717) is 6.54 Å². The van der Waals surface area contributed by atoms with E-state index in [2.05, 4.69) is 30.1 Å². The minimum Gasteiger partial charge on any atom is -0.373 e. The molecule has 0 saturated carbocycles. The maximum Gasteiger partial charge on any atom is 0.252 e. The van der Waals surface area contributed by atoms with Gasteiger partial charge in [-0.3, -0.25) is 9.69 Å². The van der Waals surface area contributed by atoms with Crippen molar-refractivity contribution < 1.29 is 17.9 Å². The van der Waals surface area contributed by atoms with Crippen molar-refractivity contribution >= 4 is 15.7 Å². The van der Waals surface area contributed by atoms with Crippen molar-refractivity contribution in [2.75, 3.05) is 18.8 Å². The molecule has 0 spiro atoms. The Morgan fingerprint density at radius 2 is 1.63 bits per heavy atom. The van der Waals surface area contributed by atoms with Crippen LogP contribution in [0.15, 0.2) is 53.4 Å². The number of rotatable bonds is 7. The first kappa shape index (κ1) is 22.5. The molecule has 1 fully saturated rings. The normalized spacial score (nSPS) is 20.1. The summed E-state index contributed by atoms with van der Waals surface area (Å²) in [5.74, 6) is -0.428. The highest BCUT2D eigenvalue weighted by atomic mass is 32.2. The molecule has 0 aliphatic carbocycles. The third-order valence-electron chi connectivity index (χ3n) is 5.29. The van der Waals surface area contributed by atoms with Crippen LogP contribution < -0.4 is 5.32 Å². The van der Waals surface area contributed by atoms with Crippen LogP contribution in [-0.2, 0) is 27.7 Å². The summed E-state index contributed by atoms with van der Waals surface area (Å²) in [6.45, 7) is 8.59. The third kappa shape index (κ3) is 5.47. The summed E-state index contributed by atoms with van der Waals surface area (Å²) in [5.41, 5.74) is 2.36. The number of amides is 1. The van der Waals surface area contributed by atoms with E-state index in [1.54, 1.807) is 25.1 Å². The Hall–Kier alpha value is -2.22. The second kappa shape index (κ2) is 9.73. The molecule has 2 atom stereocenters. The smallest absolute Gasteiger partial charge is 0.252 e. The van der Waals surface area contributed by atoms with E-state index >= 15 is 0 Å². The number of carbonyl (C=O) groups is 1. The molecule has 2 aromatic carbocycles. The molecule has 6 nitrogen and oxygen atoms in total. The fraction of sp³-hybridized carbons (Fsp3) is 0.435. The van der Waals surface area contributed by atoms with Gasteiger partial charge in [-0.25, -0.2) is 8.42 Å². The molecular formula is C23H30N2O4S. The number of nitrogens with zero attached hydrogens (tertiary/aromatic N) is 1. The number of hydrogen-bond acceptors (Lipinski definition) is 5. The molecule has 0 aromatic heterocycles. The Bertz CT molecular complexity index is 980. The number of sulfone groups is 1. The van der Waals surface area contributed by atoms with E-state index in [0.717, 1.165) is 30.8 Å². The molecule has 0 radical (unpaired) electrons. The van der Waals surface area contributed by atoms with Crippen LogP contribution in [0.2, 0.25) is 0 Å². The van der Waals surface area contributed by atoms with Crippen molar-refractivity contribution in [2.24, 2.45) is 0 Å². The molecule has 0 bridgehead atoms. The second-order valence-corrected chi connectivity index (χ2v) is 10.0. The van der Waals surface area contributed by atoms with Gasteiger partial charge in [0.25, 0.3) is 5.91 Å². The zero-order chi connectivity index (χ0) is 21.7. The highest BCUT2D eigenvalue weighted by Crippen LogP contribution is 2.19. The fourth-order valence-electron chi connectivity index (χ4n) is 3.89. The summed E-state index contributed by atoms with van der Waals surface area (Å²) in [5, 5.41) is 2.90. The lowest BCUT2D eigenvalue weighted by Crippen LogP contribution is -2.45. The van der Waals surface area contributed by atoms with Gasteiger partial charge in [0.1, 0.15) is 0 Å². The number of hydrogen-bond donors (Lipinski definition) is 1.